The Kier molecular flexibility index (Phi) is 11.8. The highest BCUT2D eigenvalue weighted by Crippen LogP contribution is 2.44. The summed E-state index contributed by atoms with van der Waals surface area (Å²) in [6.07, 6.45) is 2.00. The third-order valence-electron chi connectivity index (χ3n) is 10.0. The molecule has 1 amide bonds. The molecule has 5 heterocycles. The summed E-state index contributed by atoms with van der Waals surface area (Å²) in [5.74, 6) is -1.40. The molecule has 4 aliphatic heterocycles. The van der Waals surface area contributed by atoms with Crippen molar-refractivity contribution in [2.75, 3.05) is 55.7 Å². The van der Waals surface area contributed by atoms with Crippen LogP contribution in [0.4, 0.5) is 24.7 Å². The highest BCUT2D eigenvalue weighted by Gasteiger charge is 2.52. The fraction of sp³-hybridized carbons (Fsp3) is 0.514. The van der Waals surface area contributed by atoms with Crippen molar-refractivity contribution in [2.24, 2.45) is 0 Å². The third-order valence-corrected chi connectivity index (χ3v) is 10.4. The van der Waals surface area contributed by atoms with E-state index >= 15 is 0 Å². The number of amides is 1. The van der Waals surface area contributed by atoms with Crippen molar-refractivity contribution in [3.63, 3.8) is 0 Å². The molecular formula is C37H45ClF3N7O2. The average molecular weight is 712 g/mol. The Morgan fingerprint density at radius 3 is 2.56 bits per heavy atom. The Bertz CT molecular complexity index is 1760. The second-order valence-electron chi connectivity index (χ2n) is 12.9. The van der Waals surface area contributed by atoms with Crippen molar-refractivity contribution in [1.29, 1.82) is 5.26 Å². The molecule has 3 atom stereocenters. The van der Waals surface area contributed by atoms with Crippen molar-refractivity contribution in [1.82, 2.24) is 19.8 Å². The number of hydrogen-bond donors (Lipinski definition) is 0. The first kappa shape index (κ1) is 37.2. The summed E-state index contributed by atoms with van der Waals surface area (Å²) in [5.41, 5.74) is 2.20. The van der Waals surface area contributed by atoms with Crippen LogP contribution < -0.4 is 14.5 Å². The van der Waals surface area contributed by atoms with Crippen LogP contribution in [-0.2, 0) is 17.8 Å². The first-order valence-corrected chi connectivity index (χ1v) is 17.7. The lowest BCUT2D eigenvalue weighted by Crippen LogP contribution is -2.49. The van der Waals surface area contributed by atoms with E-state index in [1.807, 2.05) is 32.0 Å². The van der Waals surface area contributed by atoms with Crippen LogP contribution in [0.2, 0.25) is 5.02 Å². The monoisotopic (exact) mass is 711 g/mol. The van der Waals surface area contributed by atoms with E-state index in [4.69, 9.17) is 31.6 Å². The van der Waals surface area contributed by atoms with Gasteiger partial charge in [0.15, 0.2) is 5.83 Å². The summed E-state index contributed by atoms with van der Waals surface area (Å²) < 4.78 is 49.1. The van der Waals surface area contributed by atoms with E-state index in [1.54, 1.807) is 12.1 Å². The molecule has 4 aliphatic rings. The number of nitriles is 1. The molecular weight excluding hydrogens is 667 g/mol. The van der Waals surface area contributed by atoms with Gasteiger partial charge in [-0.2, -0.15) is 15.2 Å². The highest BCUT2D eigenvalue weighted by molar-refractivity contribution is 6.36. The number of benzene rings is 2. The lowest BCUT2D eigenvalue weighted by molar-refractivity contribution is -0.128. The van der Waals surface area contributed by atoms with E-state index in [0.717, 1.165) is 41.0 Å². The Morgan fingerprint density at radius 2 is 1.86 bits per heavy atom. The van der Waals surface area contributed by atoms with Gasteiger partial charge in [0.1, 0.15) is 24.4 Å². The van der Waals surface area contributed by atoms with Gasteiger partial charge in [0.2, 0.25) is 0 Å². The summed E-state index contributed by atoms with van der Waals surface area (Å²) in [7, 11) is 0. The van der Waals surface area contributed by atoms with E-state index in [0.29, 0.717) is 76.7 Å². The maximum atomic E-state index is 14.6. The molecule has 0 aliphatic carbocycles. The van der Waals surface area contributed by atoms with Gasteiger partial charge in [-0.15, -0.1) is 0 Å². The highest BCUT2D eigenvalue weighted by atomic mass is 35.5. The van der Waals surface area contributed by atoms with Gasteiger partial charge in [-0.05, 0) is 43.7 Å². The topological polar surface area (TPSA) is 88.8 Å². The number of halogens is 4. The first-order valence-electron chi connectivity index (χ1n) is 17.3. The molecule has 9 nitrogen and oxygen atoms in total. The Labute approximate surface area is 297 Å². The van der Waals surface area contributed by atoms with Crippen molar-refractivity contribution in [3.8, 4) is 12.1 Å². The zero-order valence-corrected chi connectivity index (χ0v) is 29.9. The number of piperazine rings is 1. The number of fused-ring (bicyclic) bond motifs is 3. The summed E-state index contributed by atoms with van der Waals surface area (Å²) >= 11 is 6.48. The van der Waals surface area contributed by atoms with Crippen LogP contribution in [0.15, 0.2) is 42.7 Å². The smallest absolute Gasteiger partial charge is 0.318 e. The van der Waals surface area contributed by atoms with Gasteiger partial charge in [0.05, 0.1) is 28.9 Å². The number of ether oxygens (including phenoxy) is 1. The van der Waals surface area contributed by atoms with Crippen LogP contribution in [0.25, 0.3) is 10.8 Å². The SMILES string of the molecule is C=C(F)C(=O)N1CCN(c2nc(OCC34CCC(C)N3CC(F)C4)nc3c2CCN(c2cccc4ccc(F)c(Cl)c24)C3)CC1.CC.CC#N. The van der Waals surface area contributed by atoms with Gasteiger partial charge in [0.25, 0.3) is 5.91 Å². The van der Waals surface area contributed by atoms with Crippen molar-refractivity contribution in [3.05, 3.63) is 64.8 Å². The molecule has 0 spiro atoms. The molecule has 0 N–H and O–H groups in total. The van der Waals surface area contributed by atoms with Crippen LogP contribution in [0, 0.1) is 17.1 Å². The van der Waals surface area contributed by atoms with E-state index in [1.165, 1.54) is 17.9 Å². The largest absolute Gasteiger partial charge is 0.461 e. The lowest BCUT2D eigenvalue weighted by atomic mass is 9.95. The van der Waals surface area contributed by atoms with Gasteiger partial charge in [0, 0.05) is 75.3 Å². The lowest BCUT2D eigenvalue weighted by Gasteiger charge is -2.38. The van der Waals surface area contributed by atoms with Gasteiger partial charge in [-0.1, -0.05) is 50.2 Å². The summed E-state index contributed by atoms with van der Waals surface area (Å²) in [5, 5.41) is 8.90. The normalized spacial score (nSPS) is 22.8. The van der Waals surface area contributed by atoms with Crippen molar-refractivity contribution >= 4 is 39.8 Å². The van der Waals surface area contributed by atoms with Crippen molar-refractivity contribution < 1.29 is 22.7 Å². The van der Waals surface area contributed by atoms with Gasteiger partial charge < -0.3 is 19.4 Å². The summed E-state index contributed by atoms with van der Waals surface area (Å²) in [6.45, 7) is 14.1. The molecule has 3 aromatic rings. The third kappa shape index (κ3) is 7.35. The molecule has 7 rings (SSSR count). The summed E-state index contributed by atoms with van der Waals surface area (Å²) in [6, 6.07) is 11.1. The number of aromatic nitrogens is 2. The van der Waals surface area contributed by atoms with Crippen molar-refractivity contribution in [2.45, 2.75) is 77.7 Å². The van der Waals surface area contributed by atoms with E-state index in [2.05, 4.69) is 28.2 Å². The van der Waals surface area contributed by atoms with Gasteiger partial charge in [-0.3, -0.25) is 9.69 Å². The van der Waals surface area contributed by atoms with Crippen LogP contribution in [0.5, 0.6) is 6.01 Å². The zero-order chi connectivity index (χ0) is 36.2. The maximum Gasteiger partial charge on any atom is 0.318 e. The number of alkyl halides is 1. The molecule has 3 unspecified atom stereocenters. The predicted octanol–water partition coefficient (Wildman–Crippen LogP) is 7.02. The molecule has 0 bridgehead atoms. The number of carbonyl (C=O) groups is 1. The molecule has 13 heteroatoms. The standard InChI is InChI=1S/C33H36ClF3N6O2.C2H3N.C2H6/c1-20-8-10-33(16-23(36)17-43(20)33)19-45-32-38-26-18-42(27-5-3-4-22-6-7-25(37)29(34)28(22)27)11-9-24(26)30(39-32)40-12-14-41(15-13-40)31(44)21(2)35;1-2-3;1-2/h3-7,20,23H,2,8-19H2,1H3;1H3;1-2H3. The fourth-order valence-electron chi connectivity index (χ4n) is 7.71. The molecule has 268 valence electrons. The fourth-order valence-corrected chi connectivity index (χ4v) is 7.98. The van der Waals surface area contributed by atoms with Gasteiger partial charge >= 0.3 is 6.01 Å². The minimum atomic E-state index is -0.968. The second kappa shape index (κ2) is 15.9. The van der Waals surface area contributed by atoms with Crippen LogP contribution in [0.3, 0.4) is 0 Å². The predicted molar refractivity (Wildman–Crippen MR) is 191 cm³/mol. The number of carbonyl (C=O) groups excluding carboxylic acids is 1. The molecule has 3 fully saturated rings. The van der Waals surface area contributed by atoms with E-state index < -0.39 is 23.7 Å². The molecule has 50 heavy (non-hydrogen) atoms. The average Bonchev–Trinajstić information content (AvgIpc) is 3.62. The molecule has 2 aromatic carbocycles. The minimum Gasteiger partial charge on any atom is -0.461 e. The maximum absolute atomic E-state index is 14.6. The number of nitrogens with zero attached hydrogens (tertiary/aromatic N) is 7. The van der Waals surface area contributed by atoms with Crippen LogP contribution in [0.1, 0.15) is 58.2 Å². The Hall–Kier alpha value is -4.08. The van der Waals surface area contributed by atoms with Gasteiger partial charge in [-0.25, -0.2) is 13.2 Å². The Morgan fingerprint density at radius 1 is 1.14 bits per heavy atom. The quantitative estimate of drug-likeness (QED) is 0.252. The number of anilines is 2. The van der Waals surface area contributed by atoms with E-state index in [-0.39, 0.29) is 16.6 Å². The van der Waals surface area contributed by atoms with Crippen LogP contribution >= 0.6 is 11.6 Å². The first-order chi connectivity index (χ1) is 24.0. The minimum absolute atomic E-state index is 0.0852. The van der Waals surface area contributed by atoms with Crippen LogP contribution in [-0.4, -0.2) is 89.3 Å². The molecule has 0 saturated carbocycles. The number of hydrogen-bond acceptors (Lipinski definition) is 8. The molecule has 3 saturated heterocycles. The molecule has 0 radical (unpaired) electrons. The van der Waals surface area contributed by atoms with E-state index in [9.17, 15) is 18.0 Å². The molecule has 1 aromatic heterocycles. The number of rotatable bonds is 6. The second-order valence-corrected chi connectivity index (χ2v) is 13.3. The zero-order valence-electron chi connectivity index (χ0n) is 29.2. The Balaban J connectivity index is 0.000000924. The summed E-state index contributed by atoms with van der Waals surface area (Å²) in [4.78, 5) is 29.9.